The zero-order chi connectivity index (χ0) is 20.2. The van der Waals surface area contributed by atoms with Gasteiger partial charge in [0.05, 0.1) is 5.92 Å². The molecule has 1 atom stereocenters. The van der Waals surface area contributed by atoms with Gasteiger partial charge in [0.1, 0.15) is 0 Å². The Morgan fingerprint density at radius 3 is 1.81 bits per heavy atom. The van der Waals surface area contributed by atoms with Gasteiger partial charge < -0.3 is 10.4 Å². The SMILES string of the molecule is CCCCCCCC/C=C\CCCCCCCCNC(=O)CC(C)C(=O)O. The highest BCUT2D eigenvalue weighted by molar-refractivity contribution is 5.81. The number of amides is 1. The molecule has 4 heteroatoms. The lowest BCUT2D eigenvalue weighted by atomic mass is 10.1. The van der Waals surface area contributed by atoms with Crippen molar-refractivity contribution in [3.8, 4) is 0 Å². The number of nitrogens with one attached hydrogen (secondary N) is 1. The Hall–Kier alpha value is -1.32. The van der Waals surface area contributed by atoms with E-state index < -0.39 is 11.9 Å². The van der Waals surface area contributed by atoms with Crippen molar-refractivity contribution in [1.82, 2.24) is 5.32 Å². The van der Waals surface area contributed by atoms with E-state index in [1.807, 2.05) is 0 Å². The number of carbonyl (C=O) groups excluding carboxylic acids is 1. The lowest BCUT2D eigenvalue weighted by molar-refractivity contribution is -0.143. The van der Waals surface area contributed by atoms with Gasteiger partial charge in [-0.15, -0.1) is 0 Å². The number of aliphatic carboxylic acids is 1. The van der Waals surface area contributed by atoms with Crippen molar-refractivity contribution in [2.45, 2.75) is 110 Å². The molecular formula is C23H43NO3. The fraction of sp³-hybridized carbons (Fsp3) is 0.826. The number of carboxylic acid groups (broad SMARTS) is 1. The minimum atomic E-state index is -0.914. The molecule has 1 amide bonds. The fourth-order valence-corrected chi connectivity index (χ4v) is 3.04. The third kappa shape index (κ3) is 19.3. The van der Waals surface area contributed by atoms with Gasteiger partial charge in [0.15, 0.2) is 0 Å². The van der Waals surface area contributed by atoms with Crippen molar-refractivity contribution in [1.29, 1.82) is 0 Å². The molecule has 0 aromatic rings. The van der Waals surface area contributed by atoms with E-state index in [-0.39, 0.29) is 12.3 Å². The van der Waals surface area contributed by atoms with Crippen molar-refractivity contribution in [3.63, 3.8) is 0 Å². The van der Waals surface area contributed by atoms with Gasteiger partial charge in [-0.05, 0) is 32.1 Å². The van der Waals surface area contributed by atoms with Crippen molar-refractivity contribution in [3.05, 3.63) is 12.2 Å². The Kier molecular flexibility index (Phi) is 18.5. The van der Waals surface area contributed by atoms with E-state index in [1.165, 1.54) is 77.0 Å². The molecule has 0 aromatic carbocycles. The van der Waals surface area contributed by atoms with E-state index in [0.717, 1.165) is 12.8 Å². The zero-order valence-electron chi connectivity index (χ0n) is 17.8. The number of rotatable bonds is 19. The molecule has 27 heavy (non-hydrogen) atoms. The minimum absolute atomic E-state index is 0.0711. The maximum absolute atomic E-state index is 11.5. The normalized spacial score (nSPS) is 12.4. The maximum atomic E-state index is 11.5. The second-order valence-corrected chi connectivity index (χ2v) is 7.73. The van der Waals surface area contributed by atoms with E-state index in [2.05, 4.69) is 24.4 Å². The Morgan fingerprint density at radius 1 is 0.815 bits per heavy atom. The first-order valence-electron chi connectivity index (χ1n) is 11.2. The number of carboxylic acids is 1. The highest BCUT2D eigenvalue weighted by atomic mass is 16.4. The van der Waals surface area contributed by atoms with Gasteiger partial charge >= 0.3 is 5.97 Å². The van der Waals surface area contributed by atoms with E-state index in [0.29, 0.717) is 6.54 Å². The van der Waals surface area contributed by atoms with E-state index in [1.54, 1.807) is 6.92 Å². The van der Waals surface area contributed by atoms with Gasteiger partial charge in [-0.2, -0.15) is 0 Å². The average Bonchev–Trinajstić information content (AvgIpc) is 2.64. The van der Waals surface area contributed by atoms with Crippen LogP contribution in [-0.4, -0.2) is 23.5 Å². The molecule has 0 radical (unpaired) electrons. The standard InChI is InChI=1S/C23H43NO3/c1-3-4-5-6-7-8-9-10-11-12-13-14-15-16-17-18-19-24-22(25)20-21(2)23(26)27/h10-11,21H,3-9,12-20H2,1-2H3,(H,24,25)(H,26,27)/b11-10-. The smallest absolute Gasteiger partial charge is 0.306 e. The topological polar surface area (TPSA) is 66.4 Å². The summed E-state index contributed by atoms with van der Waals surface area (Å²) in [6.45, 7) is 4.48. The average molecular weight is 382 g/mol. The van der Waals surface area contributed by atoms with Crippen LogP contribution in [0.25, 0.3) is 0 Å². The summed E-state index contributed by atoms with van der Waals surface area (Å²) in [4.78, 5) is 22.2. The molecule has 0 fully saturated rings. The minimum Gasteiger partial charge on any atom is -0.481 e. The molecule has 0 aliphatic rings. The molecule has 0 aliphatic heterocycles. The van der Waals surface area contributed by atoms with Crippen LogP contribution in [0.1, 0.15) is 110 Å². The van der Waals surface area contributed by atoms with Crippen molar-refractivity contribution < 1.29 is 14.7 Å². The third-order valence-corrected chi connectivity index (χ3v) is 4.92. The van der Waals surface area contributed by atoms with Gasteiger partial charge in [-0.1, -0.05) is 83.8 Å². The molecule has 0 saturated carbocycles. The second kappa shape index (κ2) is 19.4. The van der Waals surface area contributed by atoms with Crippen LogP contribution in [0.2, 0.25) is 0 Å². The molecule has 1 unspecified atom stereocenters. The van der Waals surface area contributed by atoms with Crippen molar-refractivity contribution in [2.24, 2.45) is 5.92 Å². The Morgan fingerprint density at radius 2 is 1.30 bits per heavy atom. The van der Waals surface area contributed by atoms with Crippen molar-refractivity contribution >= 4 is 11.9 Å². The summed E-state index contributed by atoms with van der Waals surface area (Å²) in [6, 6.07) is 0. The molecule has 0 saturated heterocycles. The largest absolute Gasteiger partial charge is 0.481 e. The molecule has 4 nitrogen and oxygen atoms in total. The van der Waals surface area contributed by atoms with E-state index in [9.17, 15) is 9.59 Å². The summed E-state index contributed by atoms with van der Waals surface area (Å²) < 4.78 is 0. The van der Waals surface area contributed by atoms with Crippen LogP contribution in [0.5, 0.6) is 0 Å². The van der Waals surface area contributed by atoms with Gasteiger partial charge in [0.2, 0.25) is 5.91 Å². The molecular weight excluding hydrogens is 338 g/mol. The molecule has 158 valence electrons. The van der Waals surface area contributed by atoms with Crippen molar-refractivity contribution in [2.75, 3.05) is 6.54 Å². The molecule has 0 bridgehead atoms. The first kappa shape index (κ1) is 25.7. The summed E-state index contributed by atoms with van der Waals surface area (Å²) in [5, 5.41) is 11.6. The van der Waals surface area contributed by atoms with Crippen LogP contribution >= 0.6 is 0 Å². The second-order valence-electron chi connectivity index (χ2n) is 7.73. The monoisotopic (exact) mass is 381 g/mol. The van der Waals surface area contributed by atoms with E-state index in [4.69, 9.17) is 5.11 Å². The fourth-order valence-electron chi connectivity index (χ4n) is 3.04. The Bertz CT molecular complexity index is 393. The number of unbranched alkanes of at least 4 members (excludes halogenated alkanes) is 12. The van der Waals surface area contributed by atoms with Crippen LogP contribution in [0.15, 0.2) is 12.2 Å². The highest BCUT2D eigenvalue weighted by Crippen LogP contribution is 2.10. The van der Waals surface area contributed by atoms with Crippen LogP contribution in [0.3, 0.4) is 0 Å². The van der Waals surface area contributed by atoms with Crippen LogP contribution in [0.4, 0.5) is 0 Å². The van der Waals surface area contributed by atoms with Gasteiger partial charge in [-0.3, -0.25) is 9.59 Å². The van der Waals surface area contributed by atoms with Gasteiger partial charge in [0.25, 0.3) is 0 Å². The summed E-state index contributed by atoms with van der Waals surface area (Å²) in [6.07, 6.45) is 22.6. The predicted octanol–water partition coefficient (Wildman–Crippen LogP) is 6.25. The predicted molar refractivity (Wildman–Crippen MR) is 114 cm³/mol. The molecule has 0 heterocycles. The molecule has 0 rings (SSSR count). The van der Waals surface area contributed by atoms with Gasteiger partial charge in [-0.25, -0.2) is 0 Å². The number of hydrogen-bond donors (Lipinski definition) is 2. The number of hydrogen-bond acceptors (Lipinski definition) is 2. The maximum Gasteiger partial charge on any atom is 0.306 e. The lowest BCUT2D eigenvalue weighted by Crippen LogP contribution is -2.27. The van der Waals surface area contributed by atoms with Crippen LogP contribution < -0.4 is 5.32 Å². The summed E-state index contributed by atoms with van der Waals surface area (Å²) in [5.74, 6) is -1.68. The quantitative estimate of drug-likeness (QED) is 0.205. The summed E-state index contributed by atoms with van der Waals surface area (Å²) in [5.41, 5.74) is 0. The summed E-state index contributed by atoms with van der Waals surface area (Å²) in [7, 11) is 0. The zero-order valence-corrected chi connectivity index (χ0v) is 17.8. The lowest BCUT2D eigenvalue weighted by Gasteiger charge is -2.07. The van der Waals surface area contributed by atoms with Crippen LogP contribution in [-0.2, 0) is 9.59 Å². The summed E-state index contributed by atoms with van der Waals surface area (Å²) >= 11 is 0. The molecule has 0 spiro atoms. The molecule has 2 N–H and O–H groups in total. The van der Waals surface area contributed by atoms with Gasteiger partial charge in [0, 0.05) is 13.0 Å². The number of allylic oxidation sites excluding steroid dienone is 2. The highest BCUT2D eigenvalue weighted by Gasteiger charge is 2.14. The number of carbonyl (C=O) groups is 2. The first-order chi connectivity index (χ1) is 13.1. The van der Waals surface area contributed by atoms with Crippen LogP contribution in [0, 0.1) is 5.92 Å². The third-order valence-electron chi connectivity index (χ3n) is 4.92. The molecule has 0 aromatic heterocycles. The molecule has 0 aliphatic carbocycles. The first-order valence-corrected chi connectivity index (χ1v) is 11.2. The van der Waals surface area contributed by atoms with E-state index >= 15 is 0 Å². The Labute approximate surface area is 167 Å². The Balaban J connectivity index is 3.25.